The first-order valence-electron chi connectivity index (χ1n) is 19.8. The van der Waals surface area contributed by atoms with Gasteiger partial charge in [-0.2, -0.15) is 0 Å². The minimum absolute atomic E-state index is 0.0461. The number of benzene rings is 6. The first-order valence-corrected chi connectivity index (χ1v) is 19.8. The van der Waals surface area contributed by atoms with E-state index in [0.717, 1.165) is 0 Å². The molecule has 0 amide bonds. The van der Waals surface area contributed by atoms with Crippen molar-refractivity contribution in [3.05, 3.63) is 161 Å². The number of hydrogen-bond acceptors (Lipinski definition) is 15. The van der Waals surface area contributed by atoms with Gasteiger partial charge < -0.3 is 44.6 Å². The van der Waals surface area contributed by atoms with Crippen molar-refractivity contribution in [1.82, 2.24) is 0 Å². The number of carbonyl (C=O) groups is 6. The minimum Gasteiger partial charge on any atom is -0.490 e. The van der Waals surface area contributed by atoms with Gasteiger partial charge in [-0.25, -0.2) is 0 Å². The Kier molecular flexibility index (Phi) is 10.7. The summed E-state index contributed by atoms with van der Waals surface area (Å²) in [5.41, 5.74) is 3.09. The predicted molar refractivity (Wildman–Crippen MR) is 225 cm³/mol. The zero-order chi connectivity index (χ0) is 45.1. The van der Waals surface area contributed by atoms with Crippen molar-refractivity contribution in [2.24, 2.45) is 0 Å². The van der Waals surface area contributed by atoms with Crippen molar-refractivity contribution in [1.29, 1.82) is 0 Å². The van der Waals surface area contributed by atoms with Crippen molar-refractivity contribution >= 4 is 42.0 Å². The lowest BCUT2D eigenvalue weighted by Gasteiger charge is -2.18. The van der Waals surface area contributed by atoms with Gasteiger partial charge in [-0.05, 0) is 88.0 Å². The van der Waals surface area contributed by atoms with Crippen LogP contribution in [0.4, 0.5) is 0 Å². The number of Topliss-reactive ketones (excluding diaryl/α,β-unsaturated/α-hetero) is 6. The molecule has 64 heavy (non-hydrogen) atoms. The third kappa shape index (κ3) is 7.39. The van der Waals surface area contributed by atoms with Crippen LogP contribution in [0.25, 0.3) is 33.4 Å². The average molecular weight is 861 g/mol. The summed E-state index contributed by atoms with van der Waals surface area (Å²) in [6, 6.07) is 32.1. The third-order valence-electron chi connectivity index (χ3n) is 11.4. The predicted octanol–water partition coefficient (Wildman–Crippen LogP) is 3.51. The SMILES string of the molecule is O=C1c2ccc(-c3ccc(OB(Oc4ccc(-c5ccc6cc5C(=O)C(O)C(O)C6=O)cc4)Oc4ccc(-c5ccc6cc5C(=O)C(O)C(O)C6=O)cc4)cc3)c(c2)C(=O)C(O)C1O. The Morgan fingerprint density at radius 1 is 0.281 bits per heavy atom. The summed E-state index contributed by atoms with van der Waals surface area (Å²) in [6.07, 6.45) is -11.5. The smallest absolute Gasteiger partial charge is 0.490 e. The molecule has 0 spiro atoms. The monoisotopic (exact) mass is 860 g/mol. The molecule has 15 nitrogen and oxygen atoms in total. The zero-order valence-electron chi connectivity index (χ0n) is 33.0. The lowest BCUT2D eigenvalue weighted by molar-refractivity contribution is 0.0225. The normalized spacial score (nSPS) is 21.5. The van der Waals surface area contributed by atoms with Crippen LogP contribution in [0.2, 0.25) is 0 Å². The van der Waals surface area contributed by atoms with Crippen molar-refractivity contribution in [3.63, 3.8) is 0 Å². The summed E-state index contributed by atoms with van der Waals surface area (Å²) in [4.78, 5) is 76.6. The molecule has 318 valence electrons. The highest BCUT2D eigenvalue weighted by atomic mass is 16.7. The van der Waals surface area contributed by atoms with Gasteiger partial charge in [0.05, 0.1) is 0 Å². The molecule has 6 N–H and O–H groups in total. The lowest BCUT2D eigenvalue weighted by Crippen LogP contribution is -2.37. The molecule has 16 heteroatoms. The summed E-state index contributed by atoms with van der Waals surface area (Å²) in [5, 5.41) is 61.6. The Balaban J connectivity index is 0.998. The van der Waals surface area contributed by atoms with E-state index < -0.39 is 78.6 Å². The molecule has 0 saturated heterocycles. The molecule has 9 rings (SSSR count). The number of aliphatic hydroxyl groups is 6. The maximum Gasteiger partial charge on any atom is 0.864 e. The van der Waals surface area contributed by atoms with Gasteiger partial charge in [0.1, 0.15) is 17.2 Å². The Bertz CT molecular complexity index is 2610. The molecule has 0 heterocycles. The topological polar surface area (TPSA) is 251 Å². The molecule has 6 atom stereocenters. The lowest BCUT2D eigenvalue weighted by atomic mass is 9.95. The van der Waals surface area contributed by atoms with Crippen molar-refractivity contribution in [2.75, 3.05) is 0 Å². The van der Waals surface area contributed by atoms with Crippen LogP contribution in [0.1, 0.15) is 62.1 Å². The van der Waals surface area contributed by atoms with E-state index in [-0.39, 0.29) is 50.6 Å². The summed E-state index contributed by atoms with van der Waals surface area (Å²) in [5.74, 6) is -4.07. The number of fused-ring (bicyclic) bond motifs is 6. The van der Waals surface area contributed by atoms with Crippen LogP contribution in [0.5, 0.6) is 17.2 Å². The second-order valence-electron chi connectivity index (χ2n) is 15.4. The molecule has 3 aliphatic carbocycles. The zero-order valence-corrected chi connectivity index (χ0v) is 33.0. The molecule has 0 radical (unpaired) electrons. The fourth-order valence-electron chi connectivity index (χ4n) is 7.85. The van der Waals surface area contributed by atoms with Crippen LogP contribution in [0.15, 0.2) is 127 Å². The van der Waals surface area contributed by atoms with Crippen molar-refractivity contribution < 1.29 is 73.4 Å². The van der Waals surface area contributed by atoms with Crippen molar-refractivity contribution in [2.45, 2.75) is 36.6 Å². The number of hydrogen-bond donors (Lipinski definition) is 6. The first-order chi connectivity index (χ1) is 30.7. The van der Waals surface area contributed by atoms with Crippen LogP contribution in [0.3, 0.4) is 0 Å². The number of aliphatic hydroxyl groups excluding tert-OH is 6. The highest BCUT2D eigenvalue weighted by Crippen LogP contribution is 2.35. The summed E-state index contributed by atoms with van der Waals surface area (Å²) in [7, 11) is -1.49. The fourth-order valence-corrected chi connectivity index (χ4v) is 7.85. The molecule has 6 aromatic rings. The van der Waals surface area contributed by atoms with E-state index in [2.05, 4.69) is 0 Å². The Labute approximate surface area is 362 Å². The number of rotatable bonds is 9. The quantitative estimate of drug-likeness (QED) is 0.114. The number of carbonyl (C=O) groups excluding carboxylic acids is 6. The van der Waals surface area contributed by atoms with E-state index in [9.17, 15) is 59.4 Å². The average Bonchev–Trinajstić information content (AvgIpc) is 3.45. The van der Waals surface area contributed by atoms with Crippen LogP contribution in [-0.2, 0) is 0 Å². The van der Waals surface area contributed by atoms with Gasteiger partial charge in [0, 0.05) is 33.4 Å². The van der Waals surface area contributed by atoms with Gasteiger partial charge in [-0.1, -0.05) is 72.8 Å². The van der Waals surface area contributed by atoms with Gasteiger partial charge in [0.15, 0.2) is 71.3 Å². The Hall–Kier alpha value is -7.44. The summed E-state index contributed by atoms with van der Waals surface area (Å²) in [6.45, 7) is 0. The van der Waals surface area contributed by atoms with Gasteiger partial charge in [0.25, 0.3) is 0 Å². The Morgan fingerprint density at radius 2 is 0.500 bits per heavy atom. The minimum atomic E-state index is -1.94. The van der Waals surface area contributed by atoms with E-state index in [1.54, 1.807) is 91.0 Å². The van der Waals surface area contributed by atoms with Crippen LogP contribution < -0.4 is 14.0 Å². The van der Waals surface area contributed by atoms with Crippen LogP contribution in [-0.4, -0.2) is 109 Å². The maximum atomic E-state index is 13.0. The largest absolute Gasteiger partial charge is 0.864 e. The van der Waals surface area contributed by atoms with Gasteiger partial charge >= 0.3 is 7.32 Å². The highest BCUT2D eigenvalue weighted by Gasteiger charge is 2.39. The van der Waals surface area contributed by atoms with E-state index >= 15 is 0 Å². The van der Waals surface area contributed by atoms with Crippen LogP contribution in [0, 0.1) is 0 Å². The van der Waals surface area contributed by atoms with Crippen LogP contribution >= 0.6 is 0 Å². The molecular formula is C48H33BO15. The van der Waals surface area contributed by atoms with Gasteiger partial charge in [-0.3, -0.25) is 28.8 Å². The van der Waals surface area contributed by atoms with E-state index in [0.29, 0.717) is 33.4 Å². The molecule has 6 bridgehead atoms. The Morgan fingerprint density at radius 3 is 0.750 bits per heavy atom. The molecule has 0 aromatic heterocycles. The first kappa shape index (κ1) is 41.9. The summed E-state index contributed by atoms with van der Waals surface area (Å²) >= 11 is 0. The molecule has 3 aliphatic rings. The molecule has 6 aromatic carbocycles. The molecule has 0 aliphatic heterocycles. The van der Waals surface area contributed by atoms with E-state index in [1.165, 1.54) is 36.4 Å². The van der Waals surface area contributed by atoms with E-state index in [1.807, 2.05) is 0 Å². The number of ketones is 6. The highest BCUT2D eigenvalue weighted by molar-refractivity contribution is 6.39. The molecular weight excluding hydrogens is 827 g/mol. The van der Waals surface area contributed by atoms with Crippen molar-refractivity contribution in [3.8, 4) is 50.6 Å². The third-order valence-corrected chi connectivity index (χ3v) is 11.4. The molecule has 6 unspecified atom stereocenters. The molecule has 0 saturated carbocycles. The van der Waals surface area contributed by atoms with E-state index in [4.69, 9.17) is 14.0 Å². The van der Waals surface area contributed by atoms with Gasteiger partial charge in [0.2, 0.25) is 0 Å². The second-order valence-corrected chi connectivity index (χ2v) is 15.4. The fraction of sp³-hybridized carbons (Fsp3) is 0.125. The molecule has 0 fully saturated rings. The summed E-state index contributed by atoms with van der Waals surface area (Å²) < 4.78 is 18.5. The van der Waals surface area contributed by atoms with Gasteiger partial charge in [-0.15, -0.1) is 0 Å². The standard InChI is InChI=1S/C48H33BO15/c50-37-25-7-16-31(34(19-25)40(53)46(59)43(37)56)22-1-10-28(11-2-22)62-49(63-29-12-3-23(4-13-29)32-17-8-26-20-35(32)41(54)47(60)44(57)38(26)51)64-30-14-5-24(6-15-30)33-18-9-27-21-36(33)42(55)48(61)45(58)39(27)52/h1-21,43-48,56-61H. The maximum absolute atomic E-state index is 13.0. The second kappa shape index (κ2) is 16.4.